The minimum absolute atomic E-state index is 0.0298. The third kappa shape index (κ3) is 79.6. The summed E-state index contributed by atoms with van der Waals surface area (Å²) in [5, 5.41) is 23.3. The van der Waals surface area contributed by atoms with Crippen LogP contribution in [-0.2, 0) is 14.3 Å². The van der Waals surface area contributed by atoms with E-state index in [9.17, 15) is 19.8 Å². The van der Waals surface area contributed by atoms with Crippen molar-refractivity contribution in [1.82, 2.24) is 5.32 Å². The SMILES string of the molecule is CCCCCCCCCCCCCCCCCCCC/C=C/C(O)C(CO)NC(=O)CCCCCCCCCCCCCCCCCCCCCCCCCCCCCCCCCCCCCCCCCOC(=O)CCCCCCCCCCCCCCCCCCCC. The summed E-state index contributed by atoms with van der Waals surface area (Å²) in [7, 11) is 0. The first kappa shape index (κ1) is 92.6. The van der Waals surface area contributed by atoms with Gasteiger partial charge in [0, 0.05) is 12.8 Å². The molecule has 0 saturated heterocycles. The Morgan fingerprint density at radius 1 is 0.287 bits per heavy atom. The molecule has 0 fully saturated rings. The molecule has 2 unspecified atom stereocenters. The molecule has 6 heteroatoms. The molecular weight excluding hydrogens is 1150 g/mol. The molecule has 1 amide bonds. The van der Waals surface area contributed by atoms with Crippen LogP contribution in [0.5, 0.6) is 0 Å². The third-order valence-electron chi connectivity index (χ3n) is 21.1. The van der Waals surface area contributed by atoms with Crippen LogP contribution in [0.2, 0.25) is 0 Å². The number of hydrogen-bond acceptors (Lipinski definition) is 5. The maximum Gasteiger partial charge on any atom is 0.305 e. The van der Waals surface area contributed by atoms with E-state index in [2.05, 4.69) is 19.2 Å². The van der Waals surface area contributed by atoms with Crippen molar-refractivity contribution in [3.63, 3.8) is 0 Å². The lowest BCUT2D eigenvalue weighted by atomic mass is 10.0. The highest BCUT2D eigenvalue weighted by molar-refractivity contribution is 5.76. The van der Waals surface area contributed by atoms with Crippen molar-refractivity contribution in [2.75, 3.05) is 13.2 Å². The number of nitrogens with one attached hydrogen (secondary N) is 1. The predicted octanol–water partition coefficient (Wildman–Crippen LogP) is 29.4. The van der Waals surface area contributed by atoms with Gasteiger partial charge < -0.3 is 20.3 Å². The molecule has 0 radical (unpaired) electrons. The van der Waals surface area contributed by atoms with Gasteiger partial charge in [-0.15, -0.1) is 0 Å². The zero-order chi connectivity index (χ0) is 67.7. The predicted molar refractivity (Wildman–Crippen MR) is 417 cm³/mol. The van der Waals surface area contributed by atoms with Gasteiger partial charge >= 0.3 is 5.97 Å². The normalized spacial score (nSPS) is 12.4. The first-order chi connectivity index (χ1) is 46.5. The monoisotopic (exact) mass is 1320 g/mol. The molecular formula is C88H173NO5. The Balaban J connectivity index is 3.29. The highest BCUT2D eigenvalue weighted by Gasteiger charge is 2.18. The number of ether oxygens (including phenoxy) is 1. The smallest absolute Gasteiger partial charge is 0.305 e. The fraction of sp³-hybridized carbons (Fsp3) is 0.955. The average molecular weight is 1330 g/mol. The Kier molecular flexibility index (Phi) is 82.8. The van der Waals surface area contributed by atoms with Gasteiger partial charge in [0.25, 0.3) is 0 Å². The van der Waals surface area contributed by atoms with E-state index < -0.39 is 12.1 Å². The second-order valence-electron chi connectivity index (χ2n) is 30.6. The molecule has 0 aliphatic carbocycles. The lowest BCUT2D eigenvalue weighted by Crippen LogP contribution is -2.45. The fourth-order valence-corrected chi connectivity index (χ4v) is 14.4. The molecule has 0 aliphatic rings. The first-order valence-electron chi connectivity index (χ1n) is 44.0. The van der Waals surface area contributed by atoms with Crippen LogP contribution in [0.15, 0.2) is 12.2 Å². The zero-order valence-corrected chi connectivity index (χ0v) is 64.5. The number of aliphatic hydroxyl groups is 2. The van der Waals surface area contributed by atoms with Crippen LogP contribution in [-0.4, -0.2) is 47.4 Å². The number of hydrogen-bond donors (Lipinski definition) is 3. The molecule has 0 saturated carbocycles. The standard InChI is InChI=1S/C88H173NO5/c1-3-5-7-9-11-13-15-17-19-21-23-45-48-52-56-60-64-68-72-76-80-86(91)85(84-90)89-87(92)81-77-73-69-65-61-57-53-49-46-43-41-39-37-35-33-31-29-27-25-24-26-28-30-32-34-36-38-40-42-44-47-51-55-59-63-67-71-75-79-83-94-88(93)82-78-74-70-66-62-58-54-50-22-20-18-16-14-12-10-8-6-4-2/h76,80,85-86,90-91H,3-75,77-79,81-84H2,1-2H3,(H,89,92)/b80-76+. The summed E-state index contributed by atoms with van der Waals surface area (Å²) >= 11 is 0. The Morgan fingerprint density at radius 2 is 0.489 bits per heavy atom. The average Bonchev–Trinajstić information content (AvgIpc) is 3.50. The van der Waals surface area contributed by atoms with Crippen molar-refractivity contribution >= 4 is 11.9 Å². The molecule has 0 aromatic rings. The Morgan fingerprint density at radius 3 is 0.723 bits per heavy atom. The summed E-state index contributed by atoms with van der Waals surface area (Å²) in [6.07, 6.45) is 108. The topological polar surface area (TPSA) is 95.9 Å². The van der Waals surface area contributed by atoms with E-state index in [4.69, 9.17) is 4.74 Å². The van der Waals surface area contributed by atoms with E-state index in [1.165, 1.54) is 449 Å². The van der Waals surface area contributed by atoms with Gasteiger partial charge in [0.15, 0.2) is 0 Å². The maximum absolute atomic E-state index is 12.5. The van der Waals surface area contributed by atoms with E-state index in [1.807, 2.05) is 6.08 Å². The number of unbranched alkanes of at least 4 members (excludes halogenated alkanes) is 73. The van der Waals surface area contributed by atoms with Gasteiger partial charge in [-0.3, -0.25) is 9.59 Å². The summed E-state index contributed by atoms with van der Waals surface area (Å²) < 4.78 is 5.53. The summed E-state index contributed by atoms with van der Waals surface area (Å²) in [6.45, 7) is 4.98. The molecule has 0 spiro atoms. The largest absolute Gasteiger partial charge is 0.466 e. The maximum atomic E-state index is 12.5. The number of aliphatic hydroxyl groups excluding tert-OH is 2. The van der Waals surface area contributed by atoms with Gasteiger partial charge in [0.05, 0.1) is 25.4 Å². The van der Waals surface area contributed by atoms with Crippen molar-refractivity contribution in [2.45, 2.75) is 527 Å². The minimum atomic E-state index is -0.841. The van der Waals surface area contributed by atoms with Crippen LogP contribution in [0.3, 0.4) is 0 Å². The number of allylic oxidation sites excluding steroid dienone is 1. The molecule has 0 aromatic heterocycles. The Labute approximate surface area is 590 Å². The van der Waals surface area contributed by atoms with Crippen molar-refractivity contribution in [3.8, 4) is 0 Å². The summed E-state index contributed by atoms with van der Waals surface area (Å²) in [6, 6.07) is -0.623. The molecule has 3 N–H and O–H groups in total. The zero-order valence-electron chi connectivity index (χ0n) is 64.5. The van der Waals surface area contributed by atoms with Gasteiger partial charge in [0.2, 0.25) is 5.91 Å². The molecule has 0 aromatic carbocycles. The highest BCUT2D eigenvalue weighted by Crippen LogP contribution is 2.21. The molecule has 0 bridgehead atoms. The molecule has 0 aliphatic heterocycles. The second kappa shape index (κ2) is 84.0. The van der Waals surface area contributed by atoms with E-state index >= 15 is 0 Å². The van der Waals surface area contributed by atoms with Crippen molar-refractivity contribution < 1.29 is 24.5 Å². The number of rotatable bonds is 84. The van der Waals surface area contributed by atoms with Gasteiger partial charge in [-0.05, 0) is 32.1 Å². The van der Waals surface area contributed by atoms with Gasteiger partial charge in [-0.25, -0.2) is 0 Å². The summed E-state index contributed by atoms with van der Waals surface area (Å²) in [4.78, 5) is 24.7. The molecule has 0 rings (SSSR count). The van der Waals surface area contributed by atoms with Crippen molar-refractivity contribution in [3.05, 3.63) is 12.2 Å². The number of carbonyl (C=O) groups is 2. The van der Waals surface area contributed by atoms with Crippen LogP contribution in [0.25, 0.3) is 0 Å². The van der Waals surface area contributed by atoms with Gasteiger partial charge in [0.1, 0.15) is 0 Å². The molecule has 6 nitrogen and oxygen atoms in total. The number of carbonyl (C=O) groups excluding carboxylic acids is 2. The highest BCUT2D eigenvalue weighted by atomic mass is 16.5. The van der Waals surface area contributed by atoms with Crippen LogP contribution in [0, 0.1) is 0 Å². The third-order valence-corrected chi connectivity index (χ3v) is 21.1. The lowest BCUT2D eigenvalue weighted by molar-refractivity contribution is -0.143. The van der Waals surface area contributed by atoms with E-state index in [0.717, 1.165) is 38.5 Å². The van der Waals surface area contributed by atoms with E-state index in [1.54, 1.807) is 6.08 Å². The number of esters is 1. The Bertz CT molecular complexity index is 1430. The first-order valence-corrected chi connectivity index (χ1v) is 44.0. The second-order valence-corrected chi connectivity index (χ2v) is 30.6. The van der Waals surface area contributed by atoms with E-state index in [0.29, 0.717) is 19.4 Å². The van der Waals surface area contributed by atoms with E-state index in [-0.39, 0.29) is 18.5 Å². The quantitative estimate of drug-likeness (QED) is 0.0320. The van der Waals surface area contributed by atoms with Crippen molar-refractivity contribution in [1.29, 1.82) is 0 Å². The van der Waals surface area contributed by atoms with Gasteiger partial charge in [-0.2, -0.15) is 0 Å². The van der Waals surface area contributed by atoms with Crippen LogP contribution < -0.4 is 5.32 Å². The van der Waals surface area contributed by atoms with Crippen molar-refractivity contribution in [2.24, 2.45) is 0 Å². The Hall–Kier alpha value is -1.40. The van der Waals surface area contributed by atoms with Gasteiger partial charge in [-0.1, -0.05) is 482 Å². The fourth-order valence-electron chi connectivity index (χ4n) is 14.4. The van der Waals surface area contributed by atoms with Crippen LogP contribution in [0.4, 0.5) is 0 Å². The van der Waals surface area contributed by atoms with Crippen LogP contribution >= 0.6 is 0 Å². The summed E-state index contributed by atoms with van der Waals surface area (Å²) in [5.41, 5.74) is 0. The summed E-state index contributed by atoms with van der Waals surface area (Å²) in [5.74, 6) is -0.0267. The van der Waals surface area contributed by atoms with Crippen LogP contribution in [0.1, 0.15) is 515 Å². The molecule has 2 atom stereocenters. The molecule has 94 heavy (non-hydrogen) atoms. The molecule has 0 heterocycles. The lowest BCUT2D eigenvalue weighted by Gasteiger charge is -2.20. The minimum Gasteiger partial charge on any atom is -0.466 e. The number of amides is 1. The molecule has 560 valence electrons.